The first-order valence-corrected chi connectivity index (χ1v) is 13.9. The van der Waals surface area contributed by atoms with Crippen LogP contribution in [0.5, 0.6) is 5.75 Å². The molecular weight excluding hydrogens is 491 g/mol. The van der Waals surface area contributed by atoms with Gasteiger partial charge in [-0.25, -0.2) is 0 Å². The van der Waals surface area contributed by atoms with Crippen LogP contribution in [0, 0.1) is 0 Å². The van der Waals surface area contributed by atoms with Crippen LogP contribution in [0.4, 0.5) is 0 Å². The number of nitrogens with one attached hydrogen (secondary N) is 1. The molecule has 0 aromatic heterocycles. The number of amides is 2. The van der Waals surface area contributed by atoms with E-state index in [0.717, 1.165) is 11.1 Å². The van der Waals surface area contributed by atoms with Crippen LogP contribution in [-0.2, 0) is 37.6 Å². The van der Waals surface area contributed by atoms with Gasteiger partial charge in [-0.1, -0.05) is 54.6 Å². The van der Waals surface area contributed by atoms with Crippen LogP contribution in [0.3, 0.4) is 0 Å². The molecule has 1 atom stereocenters. The lowest BCUT2D eigenvalue weighted by molar-refractivity contribution is -0.119. The smallest absolute Gasteiger partial charge is 0.335 e. The van der Waals surface area contributed by atoms with E-state index in [9.17, 15) is 14.2 Å². The highest BCUT2D eigenvalue weighted by atomic mass is 31.2. The molecule has 3 N–H and O–H groups in total. The van der Waals surface area contributed by atoms with Gasteiger partial charge in [-0.2, -0.15) is 0 Å². The number of nitrogens with two attached hydrogens (primary N) is 1. The van der Waals surface area contributed by atoms with Gasteiger partial charge in [0.05, 0.1) is 19.4 Å². The van der Waals surface area contributed by atoms with Gasteiger partial charge in [0.25, 0.3) is 5.91 Å². The third kappa shape index (κ3) is 8.86. The van der Waals surface area contributed by atoms with Crippen molar-refractivity contribution >= 4 is 19.4 Å². The monoisotopic (exact) mass is 524 g/mol. The summed E-state index contributed by atoms with van der Waals surface area (Å²) >= 11 is 0. The first-order valence-electron chi connectivity index (χ1n) is 12.1. The van der Waals surface area contributed by atoms with Gasteiger partial charge in [-0.15, -0.1) is 0 Å². The Morgan fingerprint density at radius 2 is 1.51 bits per heavy atom. The van der Waals surface area contributed by atoms with Crippen molar-refractivity contribution in [3.05, 3.63) is 101 Å². The molecule has 0 saturated carbocycles. The van der Waals surface area contributed by atoms with Crippen LogP contribution >= 0.6 is 7.60 Å². The van der Waals surface area contributed by atoms with Gasteiger partial charge in [0.15, 0.2) is 0 Å². The van der Waals surface area contributed by atoms with Crippen LogP contribution < -0.4 is 15.8 Å². The number of primary amides is 1. The number of carbonyl (C=O) groups is 2. The predicted octanol–water partition coefficient (Wildman–Crippen LogP) is 4.86. The van der Waals surface area contributed by atoms with Crippen LogP contribution in [0.1, 0.15) is 40.9 Å². The Labute approximate surface area is 217 Å². The highest BCUT2D eigenvalue weighted by Crippen LogP contribution is 2.51. The fourth-order valence-corrected chi connectivity index (χ4v) is 5.41. The molecule has 0 aliphatic carbocycles. The van der Waals surface area contributed by atoms with Gasteiger partial charge in [0, 0.05) is 12.0 Å². The quantitative estimate of drug-likeness (QED) is 0.291. The van der Waals surface area contributed by atoms with Gasteiger partial charge in [0.2, 0.25) is 5.91 Å². The summed E-state index contributed by atoms with van der Waals surface area (Å²) in [6.07, 6.45) is 0.316. The van der Waals surface area contributed by atoms with Gasteiger partial charge in [-0.05, 0) is 54.8 Å². The van der Waals surface area contributed by atoms with E-state index >= 15 is 0 Å². The standard InChI is InChI=1S/C28H33N2O6P/c1-3-35-37(33,36-4-2)20-22-13-15-24(16-14-22)28(32)30-26(27(29)31)18-23-11-8-12-25(17-23)34-19-21-9-6-5-7-10-21/h5-17,26H,3-4,18-20H2,1-2H3,(H2,29,31)(H,30,32)/t26-/m1/s1. The van der Waals surface area contributed by atoms with Crippen molar-refractivity contribution < 1.29 is 27.9 Å². The third-order valence-electron chi connectivity index (χ3n) is 5.48. The molecule has 0 heterocycles. The summed E-state index contributed by atoms with van der Waals surface area (Å²) in [5, 5.41) is 2.71. The van der Waals surface area contributed by atoms with Crippen molar-refractivity contribution in [1.29, 1.82) is 0 Å². The Bertz CT molecular complexity index is 1210. The molecular formula is C28H33N2O6P. The lowest BCUT2D eigenvalue weighted by atomic mass is 10.0. The maximum Gasteiger partial charge on any atom is 0.335 e. The Morgan fingerprint density at radius 1 is 0.865 bits per heavy atom. The number of hydrogen-bond donors (Lipinski definition) is 2. The molecule has 0 aliphatic heterocycles. The van der Waals surface area contributed by atoms with Crippen molar-refractivity contribution in [1.82, 2.24) is 5.32 Å². The Balaban J connectivity index is 1.62. The molecule has 0 aliphatic rings. The van der Waals surface area contributed by atoms with E-state index in [1.165, 1.54) is 0 Å². The normalized spacial score (nSPS) is 12.1. The molecule has 8 nitrogen and oxygen atoms in total. The highest BCUT2D eigenvalue weighted by molar-refractivity contribution is 7.53. The van der Waals surface area contributed by atoms with Crippen molar-refractivity contribution in [3.63, 3.8) is 0 Å². The number of benzene rings is 3. The minimum atomic E-state index is -3.25. The second-order valence-corrected chi connectivity index (χ2v) is 10.4. The number of carbonyl (C=O) groups excluding carboxylic acids is 2. The molecule has 3 aromatic rings. The Kier molecular flexibility index (Phi) is 10.4. The second kappa shape index (κ2) is 13.7. The lowest BCUT2D eigenvalue weighted by Gasteiger charge is -2.18. The summed E-state index contributed by atoms with van der Waals surface area (Å²) < 4.78 is 29.3. The molecule has 3 rings (SSSR count). The fourth-order valence-electron chi connectivity index (χ4n) is 3.71. The SMILES string of the molecule is CCOP(=O)(Cc1ccc(C(=O)N[C@H](Cc2cccc(OCc3ccccc3)c2)C(N)=O)cc1)OCC. The van der Waals surface area contributed by atoms with E-state index in [0.29, 0.717) is 23.5 Å². The minimum Gasteiger partial charge on any atom is -0.489 e. The summed E-state index contributed by atoms with van der Waals surface area (Å²) in [7, 11) is -3.25. The number of ether oxygens (including phenoxy) is 1. The summed E-state index contributed by atoms with van der Waals surface area (Å²) in [6.45, 7) is 4.47. The Hall–Kier alpha value is -3.45. The summed E-state index contributed by atoms with van der Waals surface area (Å²) in [6, 6.07) is 22.8. The zero-order chi connectivity index (χ0) is 26.7. The molecule has 0 spiro atoms. The van der Waals surface area contributed by atoms with Crippen molar-refractivity contribution in [2.45, 2.75) is 39.1 Å². The maximum atomic E-state index is 12.8. The van der Waals surface area contributed by atoms with Crippen LogP contribution in [0.25, 0.3) is 0 Å². The van der Waals surface area contributed by atoms with Crippen LogP contribution in [-0.4, -0.2) is 31.1 Å². The topological polar surface area (TPSA) is 117 Å². The molecule has 0 saturated heterocycles. The van der Waals surface area contributed by atoms with Crippen LogP contribution in [0.15, 0.2) is 78.9 Å². The molecule has 37 heavy (non-hydrogen) atoms. The third-order valence-corrected chi connectivity index (χ3v) is 7.53. The average Bonchev–Trinajstić information content (AvgIpc) is 2.88. The minimum absolute atomic E-state index is 0.100. The molecule has 0 radical (unpaired) electrons. The molecule has 0 bridgehead atoms. The van der Waals surface area contributed by atoms with E-state index in [2.05, 4.69) is 5.32 Å². The second-order valence-electron chi connectivity index (χ2n) is 8.36. The first-order chi connectivity index (χ1) is 17.8. The highest BCUT2D eigenvalue weighted by Gasteiger charge is 2.24. The lowest BCUT2D eigenvalue weighted by Crippen LogP contribution is -2.45. The largest absolute Gasteiger partial charge is 0.489 e. The zero-order valence-electron chi connectivity index (χ0n) is 21.1. The van der Waals surface area contributed by atoms with Crippen molar-refractivity contribution in [3.8, 4) is 5.75 Å². The van der Waals surface area contributed by atoms with Crippen molar-refractivity contribution in [2.75, 3.05) is 13.2 Å². The summed E-state index contributed by atoms with van der Waals surface area (Å²) in [4.78, 5) is 24.9. The van der Waals surface area contributed by atoms with Gasteiger partial charge in [-0.3, -0.25) is 14.2 Å². The van der Waals surface area contributed by atoms with E-state index < -0.39 is 25.5 Å². The predicted molar refractivity (Wildman–Crippen MR) is 142 cm³/mol. The maximum absolute atomic E-state index is 12.8. The first kappa shape index (κ1) is 28.1. The summed E-state index contributed by atoms with van der Waals surface area (Å²) in [5.41, 5.74) is 8.48. The zero-order valence-corrected chi connectivity index (χ0v) is 22.0. The summed E-state index contributed by atoms with van der Waals surface area (Å²) in [5.74, 6) is -0.428. The molecule has 9 heteroatoms. The van der Waals surface area contributed by atoms with Crippen molar-refractivity contribution in [2.24, 2.45) is 5.73 Å². The van der Waals surface area contributed by atoms with E-state index in [1.54, 1.807) is 38.1 Å². The molecule has 3 aromatic carbocycles. The van der Waals surface area contributed by atoms with Gasteiger partial charge < -0.3 is 24.8 Å². The van der Waals surface area contributed by atoms with Gasteiger partial charge >= 0.3 is 7.60 Å². The average molecular weight is 525 g/mol. The van der Waals surface area contributed by atoms with E-state index in [-0.39, 0.29) is 25.8 Å². The molecule has 0 fully saturated rings. The Morgan fingerprint density at radius 3 is 2.14 bits per heavy atom. The molecule has 196 valence electrons. The van der Waals surface area contributed by atoms with Crippen LogP contribution in [0.2, 0.25) is 0 Å². The fraction of sp³-hybridized carbons (Fsp3) is 0.286. The van der Waals surface area contributed by atoms with E-state index in [1.807, 2.05) is 54.6 Å². The number of rotatable bonds is 14. The van der Waals surface area contributed by atoms with Gasteiger partial charge in [0.1, 0.15) is 18.4 Å². The van der Waals surface area contributed by atoms with E-state index in [4.69, 9.17) is 19.5 Å². The molecule has 2 amide bonds. The molecule has 0 unspecified atom stereocenters. The number of hydrogen-bond acceptors (Lipinski definition) is 6.